The van der Waals surface area contributed by atoms with Gasteiger partial charge in [0.25, 0.3) is 0 Å². The highest BCUT2D eigenvalue weighted by atomic mass is 32.1. The first-order valence-electron chi connectivity index (χ1n) is 12.6. The molecule has 4 aromatic rings. The summed E-state index contributed by atoms with van der Waals surface area (Å²) >= 11 is 1.14. The monoisotopic (exact) mass is 530 g/mol. The summed E-state index contributed by atoms with van der Waals surface area (Å²) in [5, 5.41) is 15.7. The van der Waals surface area contributed by atoms with E-state index in [1.165, 1.54) is 19.6 Å². The number of nitrogens with two attached hydrogens (primary N) is 1. The molecule has 0 atom stereocenters. The zero-order chi connectivity index (χ0) is 27.4. The Kier molecular flexibility index (Phi) is 10.6. The van der Waals surface area contributed by atoms with Gasteiger partial charge in [-0.2, -0.15) is 0 Å². The average molecular weight is 531 g/mol. The van der Waals surface area contributed by atoms with Crippen LogP contribution in [0.1, 0.15) is 43.2 Å². The van der Waals surface area contributed by atoms with E-state index in [1.807, 2.05) is 91.0 Å². The fourth-order valence-electron chi connectivity index (χ4n) is 4.05. The Balaban J connectivity index is 0.000000505. The van der Waals surface area contributed by atoms with Gasteiger partial charge in [-0.25, -0.2) is 9.78 Å². The second kappa shape index (κ2) is 14.1. The summed E-state index contributed by atoms with van der Waals surface area (Å²) in [4.78, 5) is 24.6. The summed E-state index contributed by atoms with van der Waals surface area (Å²) in [6, 6.07) is 28.7. The molecule has 3 N–H and O–H groups in total. The number of carbonyl (C=O) groups is 1. The Labute approximate surface area is 228 Å². The quantitative estimate of drug-likeness (QED) is 0.151. The summed E-state index contributed by atoms with van der Waals surface area (Å²) in [6.45, 7) is 10.1. The number of thiazole rings is 1. The van der Waals surface area contributed by atoms with Gasteiger partial charge >= 0.3 is 5.97 Å². The van der Waals surface area contributed by atoms with Crippen LogP contribution in [0.2, 0.25) is 0 Å². The standard InChI is InChI=1S/C24H19N3O3S.C6H15N/c25-23-26-20(16-31-23)21(22(28)29)27-30-24(17-10-4-1-5-11-17,18-12-6-2-7-13-18)19-14-8-3-9-15-19;1-4-7(5-2)6-3/h1-16H,(H2,25,26)(H,28,29);4-6H2,1-3H3. The van der Waals surface area contributed by atoms with E-state index in [1.54, 1.807) is 5.38 Å². The van der Waals surface area contributed by atoms with Crippen LogP contribution in [0.5, 0.6) is 0 Å². The minimum absolute atomic E-state index is 0.151. The number of anilines is 1. The molecule has 0 aliphatic carbocycles. The lowest BCUT2D eigenvalue weighted by Gasteiger charge is -2.33. The fourth-order valence-corrected chi connectivity index (χ4v) is 4.60. The molecule has 0 aliphatic heterocycles. The predicted octanol–water partition coefficient (Wildman–Crippen LogP) is 5.87. The summed E-state index contributed by atoms with van der Waals surface area (Å²) in [5.41, 5.74) is 6.76. The number of hydrogen-bond donors (Lipinski definition) is 2. The summed E-state index contributed by atoms with van der Waals surface area (Å²) in [7, 11) is 0. The Bertz CT molecular complexity index is 1190. The van der Waals surface area contributed by atoms with Gasteiger partial charge in [-0.15, -0.1) is 11.3 Å². The number of rotatable bonds is 10. The maximum Gasteiger partial charge on any atom is 0.360 e. The van der Waals surface area contributed by atoms with Crippen molar-refractivity contribution in [2.24, 2.45) is 5.16 Å². The van der Waals surface area contributed by atoms with Crippen LogP contribution >= 0.6 is 11.3 Å². The molecular formula is C30H34N4O3S. The van der Waals surface area contributed by atoms with Gasteiger partial charge in [0, 0.05) is 22.1 Å². The summed E-state index contributed by atoms with van der Waals surface area (Å²) in [5.74, 6) is -1.26. The van der Waals surface area contributed by atoms with Crippen LogP contribution in [-0.2, 0) is 15.2 Å². The molecule has 4 rings (SSSR count). The normalized spacial score (nSPS) is 11.5. The van der Waals surface area contributed by atoms with Gasteiger partial charge in [0.2, 0.25) is 11.3 Å². The SMILES string of the molecule is CCN(CC)CC.Nc1nc(C(=NOC(c2ccccc2)(c2ccccc2)c2ccccc2)C(=O)O)cs1. The average Bonchev–Trinajstić information content (AvgIpc) is 3.39. The number of aromatic nitrogens is 1. The van der Waals surface area contributed by atoms with E-state index >= 15 is 0 Å². The van der Waals surface area contributed by atoms with Crippen molar-refractivity contribution in [2.75, 3.05) is 25.4 Å². The summed E-state index contributed by atoms with van der Waals surface area (Å²) in [6.07, 6.45) is 0. The number of aliphatic carboxylic acids is 1. The number of oxime groups is 1. The molecule has 3 aromatic carbocycles. The number of nitrogen functional groups attached to an aromatic ring is 1. The molecule has 7 nitrogen and oxygen atoms in total. The topological polar surface area (TPSA) is 101 Å². The van der Waals surface area contributed by atoms with Gasteiger partial charge in [0.15, 0.2) is 5.13 Å². The lowest BCUT2D eigenvalue weighted by atomic mass is 9.80. The Hall–Kier alpha value is -4.01. The fraction of sp³-hybridized carbons (Fsp3) is 0.233. The first-order valence-corrected chi connectivity index (χ1v) is 13.4. The largest absolute Gasteiger partial charge is 0.476 e. The highest BCUT2D eigenvalue weighted by Gasteiger charge is 2.40. The first-order chi connectivity index (χ1) is 18.5. The number of carboxylic acids is 1. The maximum atomic E-state index is 11.9. The molecule has 0 aliphatic rings. The number of hydrogen-bond acceptors (Lipinski definition) is 7. The third-order valence-corrected chi connectivity index (χ3v) is 6.80. The van der Waals surface area contributed by atoms with E-state index in [0.29, 0.717) is 0 Å². The van der Waals surface area contributed by atoms with Crippen LogP contribution in [0.15, 0.2) is 102 Å². The second-order valence-electron chi connectivity index (χ2n) is 8.31. The van der Waals surface area contributed by atoms with Crippen molar-refractivity contribution < 1.29 is 14.7 Å². The minimum atomic E-state index is -1.26. The van der Waals surface area contributed by atoms with Crippen molar-refractivity contribution in [3.05, 3.63) is 119 Å². The van der Waals surface area contributed by atoms with Gasteiger partial charge in [-0.3, -0.25) is 0 Å². The number of nitrogens with zero attached hydrogens (tertiary/aromatic N) is 3. The molecule has 0 fully saturated rings. The van der Waals surface area contributed by atoms with Gasteiger partial charge in [0.1, 0.15) is 5.69 Å². The minimum Gasteiger partial charge on any atom is -0.476 e. The molecule has 0 spiro atoms. The van der Waals surface area contributed by atoms with Gasteiger partial charge < -0.3 is 20.6 Å². The van der Waals surface area contributed by atoms with Crippen molar-refractivity contribution >= 4 is 28.1 Å². The van der Waals surface area contributed by atoms with Crippen molar-refractivity contribution in [2.45, 2.75) is 26.4 Å². The predicted molar refractivity (Wildman–Crippen MR) is 154 cm³/mol. The highest BCUT2D eigenvalue weighted by molar-refractivity contribution is 7.13. The van der Waals surface area contributed by atoms with Gasteiger partial charge in [0.05, 0.1) is 0 Å². The van der Waals surface area contributed by atoms with Crippen LogP contribution in [0, 0.1) is 0 Å². The van der Waals surface area contributed by atoms with E-state index in [4.69, 9.17) is 10.6 Å². The van der Waals surface area contributed by atoms with Crippen LogP contribution in [0.3, 0.4) is 0 Å². The molecule has 38 heavy (non-hydrogen) atoms. The zero-order valence-corrected chi connectivity index (χ0v) is 22.8. The summed E-state index contributed by atoms with van der Waals surface area (Å²) < 4.78 is 0. The van der Waals surface area contributed by atoms with Crippen molar-refractivity contribution in [3.8, 4) is 0 Å². The van der Waals surface area contributed by atoms with Crippen LogP contribution in [-0.4, -0.2) is 46.3 Å². The maximum absolute atomic E-state index is 11.9. The zero-order valence-electron chi connectivity index (χ0n) is 21.9. The van der Waals surface area contributed by atoms with Crippen LogP contribution in [0.4, 0.5) is 5.13 Å². The lowest BCUT2D eigenvalue weighted by Crippen LogP contribution is -2.32. The Morgan fingerprint density at radius 3 is 1.58 bits per heavy atom. The molecular weight excluding hydrogens is 496 g/mol. The highest BCUT2D eigenvalue weighted by Crippen LogP contribution is 2.40. The second-order valence-corrected chi connectivity index (χ2v) is 9.20. The molecule has 198 valence electrons. The van der Waals surface area contributed by atoms with Gasteiger partial charge in [-0.05, 0) is 19.6 Å². The number of carboxylic acid groups (broad SMARTS) is 1. The molecule has 0 bridgehead atoms. The van der Waals surface area contributed by atoms with E-state index in [0.717, 1.165) is 28.0 Å². The van der Waals surface area contributed by atoms with E-state index in [9.17, 15) is 9.90 Å². The first kappa shape index (κ1) is 28.6. The smallest absolute Gasteiger partial charge is 0.360 e. The van der Waals surface area contributed by atoms with Crippen LogP contribution < -0.4 is 5.73 Å². The van der Waals surface area contributed by atoms with E-state index in [-0.39, 0.29) is 16.5 Å². The Morgan fingerprint density at radius 2 is 1.29 bits per heavy atom. The van der Waals surface area contributed by atoms with Crippen molar-refractivity contribution in [1.82, 2.24) is 9.88 Å². The molecule has 0 saturated carbocycles. The van der Waals surface area contributed by atoms with Gasteiger partial charge in [-0.1, -0.05) is 117 Å². The molecule has 0 saturated heterocycles. The van der Waals surface area contributed by atoms with E-state index in [2.05, 4.69) is 35.8 Å². The molecule has 1 heterocycles. The Morgan fingerprint density at radius 1 is 0.868 bits per heavy atom. The third kappa shape index (κ3) is 6.85. The molecule has 8 heteroatoms. The third-order valence-electron chi connectivity index (χ3n) is 6.12. The number of benzene rings is 3. The van der Waals surface area contributed by atoms with Crippen molar-refractivity contribution in [3.63, 3.8) is 0 Å². The molecule has 0 radical (unpaired) electrons. The van der Waals surface area contributed by atoms with E-state index < -0.39 is 11.6 Å². The molecule has 0 amide bonds. The van der Waals surface area contributed by atoms with Crippen molar-refractivity contribution in [1.29, 1.82) is 0 Å². The molecule has 0 unspecified atom stereocenters. The lowest BCUT2D eigenvalue weighted by molar-refractivity contribution is -0.129. The van der Waals surface area contributed by atoms with Crippen LogP contribution in [0.25, 0.3) is 0 Å². The molecule has 1 aromatic heterocycles.